The highest BCUT2D eigenvalue weighted by molar-refractivity contribution is 6.33. The van der Waals surface area contributed by atoms with E-state index in [0.29, 0.717) is 42.3 Å². The summed E-state index contributed by atoms with van der Waals surface area (Å²) in [7, 11) is 0. The zero-order chi connectivity index (χ0) is 13.9. The summed E-state index contributed by atoms with van der Waals surface area (Å²) in [6, 6.07) is 4.70. The summed E-state index contributed by atoms with van der Waals surface area (Å²) >= 11 is 5.86. The molecule has 0 atom stereocenters. The van der Waals surface area contributed by atoms with Crippen LogP contribution >= 0.6 is 11.6 Å². The topological polar surface area (TPSA) is 84.6 Å². The zero-order valence-electron chi connectivity index (χ0n) is 10.5. The lowest BCUT2D eigenvalue weighted by Gasteiger charge is -2.32. The van der Waals surface area contributed by atoms with Crippen molar-refractivity contribution in [2.75, 3.05) is 25.5 Å². The van der Waals surface area contributed by atoms with E-state index in [-0.39, 0.29) is 12.5 Å². The average Bonchev–Trinajstić information content (AvgIpc) is 2.40. The minimum atomic E-state index is -0.883. The molecule has 0 saturated carbocycles. The summed E-state index contributed by atoms with van der Waals surface area (Å²) in [5.74, 6) is -0.276. The molecule has 0 aliphatic carbocycles. The van der Waals surface area contributed by atoms with Crippen LogP contribution in [0.5, 0.6) is 0 Å². The third-order valence-electron chi connectivity index (χ3n) is 3.26. The molecule has 1 aliphatic rings. The number of aliphatic hydroxyl groups is 1. The lowest BCUT2D eigenvalue weighted by atomic mass is 9.94. The molecule has 1 amide bonds. The number of benzene rings is 1. The monoisotopic (exact) mass is 284 g/mol. The fourth-order valence-electron chi connectivity index (χ4n) is 1.94. The average molecular weight is 285 g/mol. The number of hydrogen-bond acceptors (Lipinski definition) is 4. The molecule has 0 unspecified atom stereocenters. The number of halogens is 1. The van der Waals surface area contributed by atoms with Gasteiger partial charge in [0.15, 0.2) is 0 Å². The zero-order valence-corrected chi connectivity index (χ0v) is 11.2. The minimum Gasteiger partial charge on any atom is -0.398 e. The molecule has 19 heavy (non-hydrogen) atoms. The van der Waals surface area contributed by atoms with Crippen LogP contribution in [0.1, 0.15) is 23.2 Å². The van der Waals surface area contributed by atoms with Crippen LogP contribution in [-0.4, -0.2) is 36.4 Å². The fourth-order valence-corrected chi connectivity index (χ4v) is 2.12. The van der Waals surface area contributed by atoms with E-state index in [1.807, 2.05) is 0 Å². The molecule has 4 N–H and O–H groups in total. The SMILES string of the molecule is Nc1ccc(C(=O)NCC2(O)CCOCC2)cc1Cl. The Morgan fingerprint density at radius 1 is 1.47 bits per heavy atom. The summed E-state index contributed by atoms with van der Waals surface area (Å²) in [4.78, 5) is 11.9. The van der Waals surface area contributed by atoms with Crippen molar-refractivity contribution < 1.29 is 14.6 Å². The van der Waals surface area contributed by atoms with Gasteiger partial charge in [-0.15, -0.1) is 0 Å². The first kappa shape index (κ1) is 14.1. The number of carbonyl (C=O) groups excluding carboxylic acids is 1. The standard InChI is InChI=1S/C13H17ClN2O3/c14-10-7-9(1-2-11(10)15)12(17)16-8-13(18)3-5-19-6-4-13/h1-2,7,18H,3-6,8,15H2,(H,16,17). The van der Waals surface area contributed by atoms with E-state index in [4.69, 9.17) is 22.1 Å². The fraction of sp³-hybridized carbons (Fsp3) is 0.462. The molecular weight excluding hydrogens is 268 g/mol. The predicted octanol–water partition coefficient (Wildman–Crippen LogP) is 1.19. The Morgan fingerprint density at radius 2 is 2.16 bits per heavy atom. The van der Waals surface area contributed by atoms with Gasteiger partial charge in [-0.2, -0.15) is 0 Å². The van der Waals surface area contributed by atoms with Crippen LogP contribution in [0.4, 0.5) is 5.69 Å². The number of carbonyl (C=O) groups is 1. The van der Waals surface area contributed by atoms with Gasteiger partial charge in [0.25, 0.3) is 5.91 Å². The largest absolute Gasteiger partial charge is 0.398 e. The molecule has 1 heterocycles. The van der Waals surface area contributed by atoms with Gasteiger partial charge in [0.2, 0.25) is 0 Å². The maximum atomic E-state index is 11.9. The van der Waals surface area contributed by atoms with Crippen LogP contribution in [-0.2, 0) is 4.74 Å². The van der Waals surface area contributed by atoms with Crippen LogP contribution < -0.4 is 11.1 Å². The minimum absolute atomic E-state index is 0.206. The predicted molar refractivity (Wildman–Crippen MR) is 73.2 cm³/mol. The lowest BCUT2D eigenvalue weighted by Crippen LogP contribution is -2.46. The first-order valence-corrected chi connectivity index (χ1v) is 6.51. The number of nitrogen functional groups attached to an aromatic ring is 1. The second-order valence-electron chi connectivity index (χ2n) is 4.76. The van der Waals surface area contributed by atoms with Gasteiger partial charge in [0.05, 0.1) is 16.3 Å². The molecule has 5 nitrogen and oxygen atoms in total. The molecular formula is C13H17ClN2O3. The van der Waals surface area contributed by atoms with Gasteiger partial charge >= 0.3 is 0 Å². The normalized spacial score (nSPS) is 18.0. The third-order valence-corrected chi connectivity index (χ3v) is 3.59. The van der Waals surface area contributed by atoms with Gasteiger partial charge in [0.1, 0.15) is 0 Å². The van der Waals surface area contributed by atoms with E-state index in [2.05, 4.69) is 5.32 Å². The van der Waals surface area contributed by atoms with Crippen molar-refractivity contribution in [2.45, 2.75) is 18.4 Å². The van der Waals surface area contributed by atoms with E-state index >= 15 is 0 Å². The maximum absolute atomic E-state index is 11.9. The molecule has 104 valence electrons. The molecule has 1 saturated heterocycles. The Balaban J connectivity index is 1.95. The number of amides is 1. The summed E-state index contributed by atoms with van der Waals surface area (Å²) in [6.45, 7) is 1.23. The van der Waals surface area contributed by atoms with Crippen molar-refractivity contribution in [3.8, 4) is 0 Å². The van der Waals surface area contributed by atoms with E-state index in [9.17, 15) is 9.90 Å². The van der Waals surface area contributed by atoms with Crippen molar-refractivity contribution in [3.05, 3.63) is 28.8 Å². The van der Waals surface area contributed by atoms with Gasteiger partial charge in [-0.3, -0.25) is 4.79 Å². The highest BCUT2D eigenvalue weighted by Crippen LogP contribution is 2.21. The van der Waals surface area contributed by atoms with Crippen LogP contribution in [0.25, 0.3) is 0 Å². The van der Waals surface area contributed by atoms with Gasteiger partial charge in [-0.25, -0.2) is 0 Å². The van der Waals surface area contributed by atoms with Crippen molar-refractivity contribution >= 4 is 23.2 Å². The molecule has 6 heteroatoms. The smallest absolute Gasteiger partial charge is 0.251 e. The molecule has 0 aromatic heterocycles. The Morgan fingerprint density at radius 3 is 2.79 bits per heavy atom. The first-order chi connectivity index (χ1) is 9.00. The molecule has 2 rings (SSSR count). The Labute approximate surface area is 116 Å². The molecule has 1 fully saturated rings. The van der Waals surface area contributed by atoms with Gasteiger partial charge in [0, 0.05) is 38.2 Å². The van der Waals surface area contributed by atoms with E-state index in [1.165, 1.54) is 6.07 Å². The number of nitrogens with one attached hydrogen (secondary N) is 1. The Kier molecular flexibility index (Phi) is 4.29. The number of anilines is 1. The highest BCUT2D eigenvalue weighted by Gasteiger charge is 2.30. The van der Waals surface area contributed by atoms with Gasteiger partial charge < -0.3 is 20.9 Å². The van der Waals surface area contributed by atoms with E-state index in [0.717, 1.165) is 0 Å². The molecule has 0 spiro atoms. The summed E-state index contributed by atoms with van der Waals surface area (Å²) < 4.78 is 5.18. The van der Waals surface area contributed by atoms with Crippen molar-refractivity contribution in [1.29, 1.82) is 0 Å². The Bertz CT molecular complexity index is 473. The number of hydrogen-bond donors (Lipinski definition) is 3. The molecule has 1 aromatic rings. The quantitative estimate of drug-likeness (QED) is 0.728. The second-order valence-corrected chi connectivity index (χ2v) is 5.16. The highest BCUT2D eigenvalue weighted by atomic mass is 35.5. The first-order valence-electron chi connectivity index (χ1n) is 6.13. The molecule has 1 aromatic carbocycles. The van der Waals surface area contributed by atoms with Gasteiger partial charge in [-0.1, -0.05) is 11.6 Å². The number of ether oxygens (including phenoxy) is 1. The third kappa shape index (κ3) is 3.59. The van der Waals surface area contributed by atoms with Crippen LogP contribution in [0, 0.1) is 0 Å². The lowest BCUT2D eigenvalue weighted by molar-refractivity contribution is -0.0605. The van der Waals surface area contributed by atoms with Crippen molar-refractivity contribution in [1.82, 2.24) is 5.32 Å². The second kappa shape index (κ2) is 5.77. The van der Waals surface area contributed by atoms with Gasteiger partial charge in [-0.05, 0) is 18.2 Å². The number of rotatable bonds is 3. The van der Waals surface area contributed by atoms with E-state index < -0.39 is 5.60 Å². The summed E-state index contributed by atoms with van der Waals surface area (Å²) in [6.07, 6.45) is 1.05. The van der Waals surface area contributed by atoms with Crippen LogP contribution in [0.2, 0.25) is 5.02 Å². The molecule has 0 bridgehead atoms. The number of nitrogens with two attached hydrogens (primary N) is 1. The van der Waals surface area contributed by atoms with Crippen LogP contribution in [0.3, 0.4) is 0 Å². The van der Waals surface area contributed by atoms with Crippen LogP contribution in [0.15, 0.2) is 18.2 Å². The van der Waals surface area contributed by atoms with Crippen molar-refractivity contribution in [3.63, 3.8) is 0 Å². The van der Waals surface area contributed by atoms with E-state index in [1.54, 1.807) is 12.1 Å². The molecule has 0 radical (unpaired) electrons. The van der Waals surface area contributed by atoms with Crippen molar-refractivity contribution in [2.24, 2.45) is 0 Å². The summed E-state index contributed by atoms with van der Waals surface area (Å²) in [5.41, 5.74) is 5.56. The molecule has 1 aliphatic heterocycles. The maximum Gasteiger partial charge on any atom is 0.251 e. The Hall–Kier alpha value is -1.30. The summed E-state index contributed by atoms with van der Waals surface area (Å²) in [5, 5.41) is 13.3.